The van der Waals surface area contributed by atoms with E-state index in [-0.39, 0.29) is 6.10 Å². The van der Waals surface area contributed by atoms with Crippen LogP contribution in [0.4, 0.5) is 4.79 Å². The van der Waals surface area contributed by atoms with Gasteiger partial charge in [-0.1, -0.05) is 0 Å². The van der Waals surface area contributed by atoms with Gasteiger partial charge in [-0.25, -0.2) is 4.79 Å². The lowest BCUT2D eigenvalue weighted by Crippen LogP contribution is -2.42. The first kappa shape index (κ1) is 12.4. The van der Waals surface area contributed by atoms with Gasteiger partial charge in [-0.15, -0.1) is 0 Å². The molecular formula is C13H15ClN3O2+. The van der Waals surface area contributed by atoms with Crippen LogP contribution in [-0.4, -0.2) is 29.5 Å². The van der Waals surface area contributed by atoms with E-state index in [4.69, 9.17) is 16.3 Å². The quantitative estimate of drug-likeness (QED) is 0.612. The van der Waals surface area contributed by atoms with E-state index >= 15 is 0 Å². The first-order valence-electron chi connectivity index (χ1n) is 6.32. The molecule has 0 radical (unpaired) electrons. The molecule has 1 atom stereocenters. The average Bonchev–Trinajstić information content (AvgIpc) is 2.75. The second-order valence-electron chi connectivity index (χ2n) is 4.88. The molecule has 1 aromatic heterocycles. The van der Waals surface area contributed by atoms with Crippen LogP contribution < -0.4 is 4.57 Å². The average molecular weight is 281 g/mol. The molecule has 0 spiro atoms. The Morgan fingerprint density at radius 2 is 2.42 bits per heavy atom. The standard InChI is InChI=1S/C13H15ClN3O2/c1-16-7-9(4-5-11(16)14)8-17-6-2-3-10-12(17)15-13(18)19-10/h4-5,7,10H,2-3,6,8H2,1H3/q+1. The molecule has 1 amide bonds. The van der Waals surface area contributed by atoms with Gasteiger partial charge in [-0.2, -0.15) is 9.56 Å². The van der Waals surface area contributed by atoms with Crippen LogP contribution in [0.25, 0.3) is 0 Å². The van der Waals surface area contributed by atoms with Gasteiger partial charge in [0.05, 0.1) is 6.54 Å². The lowest BCUT2D eigenvalue weighted by atomic mass is 10.1. The highest BCUT2D eigenvalue weighted by Gasteiger charge is 2.35. The third kappa shape index (κ3) is 2.42. The summed E-state index contributed by atoms with van der Waals surface area (Å²) in [7, 11) is 1.91. The van der Waals surface area contributed by atoms with Gasteiger partial charge in [0.1, 0.15) is 7.05 Å². The number of hydrogen-bond acceptors (Lipinski definition) is 3. The third-order valence-electron chi connectivity index (χ3n) is 3.46. The van der Waals surface area contributed by atoms with Gasteiger partial charge in [0.2, 0.25) is 0 Å². The summed E-state index contributed by atoms with van der Waals surface area (Å²) in [4.78, 5) is 17.3. The molecule has 6 heteroatoms. The largest absolute Gasteiger partial charge is 0.436 e. The zero-order valence-electron chi connectivity index (χ0n) is 10.7. The van der Waals surface area contributed by atoms with Crippen molar-refractivity contribution < 1.29 is 14.1 Å². The number of hydrogen-bond donors (Lipinski definition) is 0. The molecule has 3 rings (SSSR count). The summed E-state index contributed by atoms with van der Waals surface area (Å²) < 4.78 is 7.04. The van der Waals surface area contributed by atoms with E-state index in [1.165, 1.54) is 0 Å². The highest BCUT2D eigenvalue weighted by Crippen LogP contribution is 2.23. The van der Waals surface area contributed by atoms with Gasteiger partial charge < -0.3 is 9.64 Å². The third-order valence-corrected chi connectivity index (χ3v) is 3.85. The maximum Gasteiger partial charge on any atom is 0.436 e. The molecule has 2 aliphatic heterocycles. The fourth-order valence-electron chi connectivity index (χ4n) is 2.53. The SMILES string of the molecule is C[n+]1cc(CN2CCCC3OC(=O)N=C32)ccc1Cl. The van der Waals surface area contributed by atoms with Crippen LogP contribution in [-0.2, 0) is 18.3 Å². The molecule has 0 aliphatic carbocycles. The number of halogens is 1. The molecule has 19 heavy (non-hydrogen) atoms. The summed E-state index contributed by atoms with van der Waals surface area (Å²) in [5.74, 6) is 0.772. The van der Waals surface area contributed by atoms with E-state index < -0.39 is 6.09 Å². The van der Waals surface area contributed by atoms with Gasteiger partial charge in [0, 0.05) is 18.2 Å². The van der Waals surface area contributed by atoms with Crippen molar-refractivity contribution in [1.29, 1.82) is 0 Å². The van der Waals surface area contributed by atoms with Crippen molar-refractivity contribution in [2.75, 3.05) is 6.54 Å². The minimum absolute atomic E-state index is 0.151. The van der Waals surface area contributed by atoms with E-state index in [9.17, 15) is 4.79 Å². The van der Waals surface area contributed by atoms with Gasteiger partial charge >= 0.3 is 6.09 Å². The van der Waals surface area contributed by atoms with E-state index in [2.05, 4.69) is 9.89 Å². The highest BCUT2D eigenvalue weighted by molar-refractivity contribution is 6.28. The Morgan fingerprint density at radius 1 is 1.58 bits per heavy atom. The molecule has 1 aromatic rings. The molecule has 1 unspecified atom stereocenters. The molecule has 0 aromatic carbocycles. The number of amides is 1. The summed E-state index contributed by atoms with van der Waals surface area (Å²) >= 11 is 5.99. The normalized spacial score (nSPS) is 22.0. The number of piperidine rings is 1. The van der Waals surface area contributed by atoms with Gasteiger partial charge in [-0.3, -0.25) is 0 Å². The minimum Gasteiger partial charge on any atom is -0.436 e. The molecule has 0 bridgehead atoms. The summed E-state index contributed by atoms with van der Waals surface area (Å²) in [5, 5.41) is 0.692. The van der Waals surface area contributed by atoms with E-state index in [0.717, 1.165) is 37.3 Å². The predicted octanol–water partition coefficient (Wildman–Crippen LogP) is 1.68. The van der Waals surface area contributed by atoms with Crippen LogP contribution in [0.1, 0.15) is 18.4 Å². The lowest BCUT2D eigenvalue weighted by molar-refractivity contribution is -0.669. The Bertz CT molecular complexity index is 559. The topological polar surface area (TPSA) is 45.8 Å². The van der Waals surface area contributed by atoms with E-state index in [1.54, 1.807) is 0 Å². The number of carbonyl (C=O) groups excluding carboxylic acids is 1. The molecule has 100 valence electrons. The van der Waals surface area contributed by atoms with E-state index in [1.807, 2.05) is 29.9 Å². The molecule has 2 aliphatic rings. The Kier molecular flexibility index (Phi) is 3.14. The number of carbonyl (C=O) groups is 1. The summed E-state index contributed by atoms with van der Waals surface area (Å²) in [5.41, 5.74) is 1.13. The fraction of sp³-hybridized carbons (Fsp3) is 0.462. The number of rotatable bonds is 2. The van der Waals surface area contributed by atoms with Crippen molar-refractivity contribution in [1.82, 2.24) is 4.90 Å². The smallest absolute Gasteiger partial charge is 0.436 e. The number of aromatic nitrogens is 1. The van der Waals surface area contributed by atoms with Crippen LogP contribution in [0.5, 0.6) is 0 Å². The number of ether oxygens (including phenoxy) is 1. The molecule has 1 saturated heterocycles. The van der Waals surface area contributed by atoms with Crippen LogP contribution in [0.2, 0.25) is 5.15 Å². The summed E-state index contributed by atoms with van der Waals surface area (Å²) in [6, 6.07) is 3.86. The van der Waals surface area contributed by atoms with Crippen LogP contribution >= 0.6 is 11.6 Å². The van der Waals surface area contributed by atoms with Crippen molar-refractivity contribution in [2.45, 2.75) is 25.5 Å². The molecule has 3 heterocycles. The zero-order chi connectivity index (χ0) is 13.4. The number of fused-ring (bicyclic) bond motifs is 1. The number of aryl methyl sites for hydroxylation is 1. The number of nitrogens with zero attached hydrogens (tertiary/aromatic N) is 3. The molecule has 0 saturated carbocycles. The van der Waals surface area contributed by atoms with Crippen molar-refractivity contribution in [3.05, 3.63) is 29.0 Å². The van der Waals surface area contributed by atoms with Gasteiger partial charge in [-0.05, 0) is 30.5 Å². The number of pyridine rings is 1. The monoisotopic (exact) mass is 280 g/mol. The van der Waals surface area contributed by atoms with Gasteiger partial charge in [0.25, 0.3) is 5.15 Å². The Balaban J connectivity index is 1.80. The number of aliphatic imine (C=N–C) groups is 1. The molecular weight excluding hydrogens is 266 g/mol. The lowest BCUT2D eigenvalue weighted by Gasteiger charge is -2.31. The van der Waals surface area contributed by atoms with Crippen LogP contribution in [0.3, 0.4) is 0 Å². The van der Waals surface area contributed by atoms with Crippen molar-refractivity contribution >= 4 is 23.5 Å². The second kappa shape index (κ2) is 4.81. The summed E-state index contributed by atoms with van der Waals surface area (Å²) in [6.45, 7) is 1.62. The van der Waals surface area contributed by atoms with Crippen molar-refractivity contribution in [3.8, 4) is 0 Å². The van der Waals surface area contributed by atoms with Crippen LogP contribution in [0, 0.1) is 0 Å². The minimum atomic E-state index is -0.464. The fourth-order valence-corrected chi connectivity index (χ4v) is 2.64. The Morgan fingerprint density at radius 3 is 3.21 bits per heavy atom. The van der Waals surface area contributed by atoms with Crippen LogP contribution in [0.15, 0.2) is 23.3 Å². The molecule has 5 nitrogen and oxygen atoms in total. The first-order valence-corrected chi connectivity index (χ1v) is 6.69. The number of likely N-dealkylation sites (tertiary alicyclic amines) is 1. The van der Waals surface area contributed by atoms with Crippen molar-refractivity contribution in [3.63, 3.8) is 0 Å². The van der Waals surface area contributed by atoms with Gasteiger partial charge in [0.15, 0.2) is 18.1 Å². The number of amidine groups is 1. The summed E-state index contributed by atoms with van der Waals surface area (Å²) in [6.07, 6.45) is 3.26. The Labute approximate surface area is 116 Å². The Hall–Kier alpha value is -1.62. The molecule has 1 fully saturated rings. The molecule has 0 N–H and O–H groups in total. The van der Waals surface area contributed by atoms with Crippen molar-refractivity contribution in [2.24, 2.45) is 12.0 Å². The predicted molar refractivity (Wildman–Crippen MR) is 70.0 cm³/mol. The first-order chi connectivity index (χ1) is 9.13. The van der Waals surface area contributed by atoms with E-state index in [0.29, 0.717) is 5.15 Å². The maximum atomic E-state index is 11.2. The maximum absolute atomic E-state index is 11.2. The zero-order valence-corrected chi connectivity index (χ0v) is 11.4. The highest BCUT2D eigenvalue weighted by atomic mass is 35.5. The second-order valence-corrected chi connectivity index (χ2v) is 5.26.